The molecule has 0 unspecified atom stereocenters. The highest BCUT2D eigenvalue weighted by atomic mass is 15.3. The monoisotopic (exact) mass is 212 g/mol. The molecule has 2 heterocycles. The molecule has 0 fully saturated rings. The molecular weight excluding hydrogens is 204 g/mol. The molecule has 3 rings (SSSR count). The lowest BCUT2D eigenvalue weighted by molar-refractivity contribution is 1.03. The number of benzene rings is 1. The van der Waals surface area contributed by atoms with Gasteiger partial charge in [0, 0.05) is 0 Å². The number of aromatic nitrogens is 4. The number of hydrazine groups is 1. The third kappa shape index (κ3) is 1.24. The van der Waals surface area contributed by atoms with Gasteiger partial charge in [-0.1, -0.05) is 12.1 Å². The number of para-hydroxylation sites is 2. The normalized spacial score (nSPS) is 10.8. The molecule has 0 radical (unpaired) electrons. The van der Waals surface area contributed by atoms with Gasteiger partial charge in [0.25, 0.3) is 0 Å². The van der Waals surface area contributed by atoms with E-state index >= 15 is 0 Å². The van der Waals surface area contributed by atoms with Crippen LogP contribution in [0.1, 0.15) is 0 Å². The molecule has 0 bridgehead atoms. The fourth-order valence-corrected chi connectivity index (χ4v) is 1.56. The Morgan fingerprint density at radius 3 is 2.50 bits per heavy atom. The van der Waals surface area contributed by atoms with Crippen LogP contribution >= 0.6 is 0 Å². The van der Waals surface area contributed by atoms with Gasteiger partial charge in [0.2, 0.25) is 0 Å². The van der Waals surface area contributed by atoms with Crippen LogP contribution in [-0.4, -0.2) is 20.2 Å². The minimum absolute atomic E-state index is 0.427. The standard InChI is InChI=1S/C10H8N6/c11-15-10-9-8(5-12-16-10)13-6-3-1-2-4-7(6)14-9/h1-5H,11H2,(H,15,16). The van der Waals surface area contributed by atoms with E-state index in [4.69, 9.17) is 5.84 Å². The zero-order valence-electron chi connectivity index (χ0n) is 8.25. The van der Waals surface area contributed by atoms with Gasteiger partial charge in [0.1, 0.15) is 11.0 Å². The van der Waals surface area contributed by atoms with Crippen molar-refractivity contribution >= 4 is 27.9 Å². The zero-order valence-corrected chi connectivity index (χ0v) is 8.25. The van der Waals surface area contributed by atoms with Gasteiger partial charge in [0.05, 0.1) is 17.2 Å². The molecule has 0 aliphatic heterocycles. The summed E-state index contributed by atoms with van der Waals surface area (Å²) in [5, 5.41) is 7.64. The van der Waals surface area contributed by atoms with E-state index in [1.165, 1.54) is 0 Å². The highest BCUT2D eigenvalue weighted by Crippen LogP contribution is 2.18. The van der Waals surface area contributed by atoms with Crippen LogP contribution in [0, 0.1) is 0 Å². The van der Waals surface area contributed by atoms with Gasteiger partial charge in [-0.15, -0.1) is 5.10 Å². The molecule has 3 N–H and O–H groups in total. The average Bonchev–Trinajstić information content (AvgIpc) is 2.35. The number of nitrogen functional groups attached to an aromatic ring is 1. The van der Waals surface area contributed by atoms with Crippen LogP contribution in [0.2, 0.25) is 0 Å². The highest BCUT2D eigenvalue weighted by molar-refractivity contribution is 5.91. The van der Waals surface area contributed by atoms with Crippen molar-refractivity contribution in [3.05, 3.63) is 30.5 Å². The fraction of sp³-hybridized carbons (Fsp3) is 0. The molecule has 78 valence electrons. The molecule has 0 saturated heterocycles. The molecule has 16 heavy (non-hydrogen) atoms. The van der Waals surface area contributed by atoms with Crippen molar-refractivity contribution in [2.45, 2.75) is 0 Å². The minimum atomic E-state index is 0.427. The lowest BCUT2D eigenvalue weighted by Gasteiger charge is -2.03. The summed E-state index contributed by atoms with van der Waals surface area (Å²) in [7, 11) is 0. The average molecular weight is 212 g/mol. The quantitative estimate of drug-likeness (QED) is 0.353. The van der Waals surface area contributed by atoms with Crippen molar-refractivity contribution in [1.82, 2.24) is 20.2 Å². The molecular formula is C10H8N6. The molecule has 2 aromatic heterocycles. The number of nitrogens with zero attached hydrogens (tertiary/aromatic N) is 4. The molecule has 3 aromatic rings. The van der Waals surface area contributed by atoms with Crippen LogP contribution in [0.4, 0.5) is 5.82 Å². The maximum absolute atomic E-state index is 5.34. The lowest BCUT2D eigenvalue weighted by atomic mass is 10.3. The number of hydrogen-bond acceptors (Lipinski definition) is 6. The number of nitrogens with two attached hydrogens (primary N) is 1. The smallest absolute Gasteiger partial charge is 0.190 e. The first-order valence-corrected chi connectivity index (χ1v) is 4.73. The van der Waals surface area contributed by atoms with Crippen molar-refractivity contribution in [3.8, 4) is 0 Å². The Bertz CT molecular complexity index is 666. The Balaban J connectivity index is 2.46. The van der Waals surface area contributed by atoms with Gasteiger partial charge in [-0.2, -0.15) is 5.10 Å². The predicted octanol–water partition coefficient (Wildman–Crippen LogP) is 0.859. The minimum Gasteiger partial charge on any atom is -0.305 e. The molecule has 0 spiro atoms. The van der Waals surface area contributed by atoms with Crippen molar-refractivity contribution in [2.24, 2.45) is 5.84 Å². The second-order valence-corrected chi connectivity index (χ2v) is 3.28. The number of nitrogens with one attached hydrogen (secondary N) is 1. The van der Waals surface area contributed by atoms with Gasteiger partial charge in [0.15, 0.2) is 5.82 Å². The Morgan fingerprint density at radius 2 is 1.75 bits per heavy atom. The van der Waals surface area contributed by atoms with Crippen LogP contribution in [-0.2, 0) is 0 Å². The van der Waals surface area contributed by atoms with Gasteiger partial charge in [-0.25, -0.2) is 15.8 Å². The number of anilines is 1. The molecule has 6 heteroatoms. The summed E-state index contributed by atoms with van der Waals surface area (Å²) in [4.78, 5) is 8.87. The topological polar surface area (TPSA) is 89.6 Å². The van der Waals surface area contributed by atoms with E-state index in [0.29, 0.717) is 16.9 Å². The van der Waals surface area contributed by atoms with Crippen LogP contribution in [0.3, 0.4) is 0 Å². The lowest BCUT2D eigenvalue weighted by Crippen LogP contribution is -2.10. The number of rotatable bonds is 1. The first kappa shape index (κ1) is 8.93. The fourth-order valence-electron chi connectivity index (χ4n) is 1.56. The van der Waals surface area contributed by atoms with Crippen molar-refractivity contribution in [1.29, 1.82) is 0 Å². The van der Waals surface area contributed by atoms with Gasteiger partial charge in [-0.3, -0.25) is 0 Å². The number of hydrogen-bond donors (Lipinski definition) is 2. The van der Waals surface area contributed by atoms with E-state index in [1.807, 2.05) is 24.3 Å². The highest BCUT2D eigenvalue weighted by Gasteiger charge is 2.06. The summed E-state index contributed by atoms with van der Waals surface area (Å²) in [6.07, 6.45) is 1.57. The number of fused-ring (bicyclic) bond motifs is 2. The Labute approximate surface area is 90.5 Å². The molecule has 0 amide bonds. The van der Waals surface area contributed by atoms with Crippen LogP contribution in [0.5, 0.6) is 0 Å². The van der Waals surface area contributed by atoms with Crippen LogP contribution in [0.25, 0.3) is 22.1 Å². The van der Waals surface area contributed by atoms with Crippen molar-refractivity contribution in [3.63, 3.8) is 0 Å². The van der Waals surface area contributed by atoms with E-state index in [2.05, 4.69) is 25.6 Å². The molecule has 0 saturated carbocycles. The third-order valence-electron chi connectivity index (χ3n) is 2.30. The van der Waals surface area contributed by atoms with E-state index in [0.717, 1.165) is 11.0 Å². The summed E-state index contributed by atoms with van der Waals surface area (Å²) in [5.74, 6) is 5.77. The molecule has 0 atom stereocenters. The first-order valence-electron chi connectivity index (χ1n) is 4.73. The first-order chi connectivity index (χ1) is 7.88. The SMILES string of the molecule is NNc1nncc2nc3ccccc3nc12. The van der Waals surface area contributed by atoms with E-state index in [-0.39, 0.29) is 0 Å². The maximum Gasteiger partial charge on any atom is 0.190 e. The summed E-state index contributed by atoms with van der Waals surface area (Å²) >= 11 is 0. The van der Waals surface area contributed by atoms with Crippen molar-refractivity contribution < 1.29 is 0 Å². The Kier molecular flexibility index (Phi) is 1.87. The summed E-state index contributed by atoms with van der Waals surface area (Å²) in [6, 6.07) is 7.62. The Morgan fingerprint density at radius 1 is 1.00 bits per heavy atom. The summed E-state index contributed by atoms with van der Waals surface area (Å²) in [5.41, 5.74) is 5.38. The maximum atomic E-state index is 5.34. The van der Waals surface area contributed by atoms with E-state index in [9.17, 15) is 0 Å². The second kappa shape index (κ2) is 3.35. The van der Waals surface area contributed by atoms with Gasteiger partial charge in [-0.05, 0) is 12.1 Å². The van der Waals surface area contributed by atoms with Crippen LogP contribution < -0.4 is 11.3 Å². The van der Waals surface area contributed by atoms with E-state index < -0.39 is 0 Å². The van der Waals surface area contributed by atoms with Crippen molar-refractivity contribution in [2.75, 3.05) is 5.43 Å². The molecule has 1 aromatic carbocycles. The zero-order chi connectivity index (χ0) is 11.0. The van der Waals surface area contributed by atoms with Crippen LogP contribution in [0.15, 0.2) is 30.5 Å². The second-order valence-electron chi connectivity index (χ2n) is 3.28. The third-order valence-corrected chi connectivity index (χ3v) is 2.30. The molecule has 6 nitrogen and oxygen atoms in total. The van der Waals surface area contributed by atoms with E-state index in [1.54, 1.807) is 6.20 Å². The predicted molar refractivity (Wildman–Crippen MR) is 60.4 cm³/mol. The summed E-state index contributed by atoms with van der Waals surface area (Å²) < 4.78 is 0. The molecule has 0 aliphatic rings. The Hall–Kier alpha value is -2.34. The largest absolute Gasteiger partial charge is 0.305 e. The van der Waals surface area contributed by atoms with Gasteiger partial charge < -0.3 is 5.43 Å². The summed E-state index contributed by atoms with van der Waals surface area (Å²) in [6.45, 7) is 0. The molecule has 0 aliphatic carbocycles. The van der Waals surface area contributed by atoms with Gasteiger partial charge >= 0.3 is 0 Å².